The van der Waals surface area contributed by atoms with Gasteiger partial charge in [0.1, 0.15) is 0 Å². The third kappa shape index (κ3) is 4.86. The molecule has 0 amide bonds. The standard InChI is InChI=1S/C72H44N2/c1-2-20-49-46(18-1)19-15-36-65(49)73(68-37-17-32-62-69(68)56-25-6-11-30-60(56)71(62)57-27-8-3-21-50(57)51-22-4-9-28-58(51)71)48-41-38-45(39-42-48)47-40-43-53-52-23-5-10-29-59(52)72(64(53)44-47)61-31-12-14-35-67(61)74-66-34-13-7-24-54(66)55-26-16-33-63(72)70(55)74/h1-44H. The van der Waals surface area contributed by atoms with E-state index in [9.17, 15) is 0 Å². The Kier molecular flexibility index (Phi) is 7.90. The summed E-state index contributed by atoms with van der Waals surface area (Å²) < 4.78 is 2.53. The Bertz CT molecular complexity index is 4520. The Hall–Kier alpha value is -9.50. The molecule has 1 atom stereocenters. The van der Waals surface area contributed by atoms with Crippen LogP contribution in [0.1, 0.15) is 44.5 Å². The van der Waals surface area contributed by atoms with Crippen LogP contribution in [0.4, 0.5) is 17.1 Å². The topological polar surface area (TPSA) is 8.17 Å². The van der Waals surface area contributed by atoms with Crippen molar-refractivity contribution in [2.24, 2.45) is 0 Å². The van der Waals surface area contributed by atoms with E-state index in [1.54, 1.807) is 0 Å². The summed E-state index contributed by atoms with van der Waals surface area (Å²) in [6.07, 6.45) is 0. The van der Waals surface area contributed by atoms with Gasteiger partial charge in [-0.15, -0.1) is 0 Å². The zero-order chi connectivity index (χ0) is 48.3. The first-order chi connectivity index (χ1) is 36.7. The Morgan fingerprint density at radius 2 is 0.784 bits per heavy atom. The van der Waals surface area contributed by atoms with Gasteiger partial charge in [0.25, 0.3) is 0 Å². The van der Waals surface area contributed by atoms with Gasteiger partial charge in [-0.05, 0) is 131 Å². The number of hydrogen-bond donors (Lipinski definition) is 0. The van der Waals surface area contributed by atoms with E-state index in [0.29, 0.717) is 0 Å². The number of benzene rings is 12. The second-order valence-corrected chi connectivity index (χ2v) is 20.6. The normalized spacial score (nSPS) is 15.5. The van der Waals surface area contributed by atoms with Gasteiger partial charge < -0.3 is 9.47 Å². The minimum Gasteiger partial charge on any atom is -0.309 e. The summed E-state index contributed by atoms with van der Waals surface area (Å²) in [5, 5.41) is 5.00. The SMILES string of the molecule is c1ccc2c(c1)-c1ccccc1C21c2ccccc2-c2c(N(c3ccc(-c4ccc5c(c4)C4(c6ccccc6-5)c5ccccc5-n5c6ccccc6c6cccc4c65)cc3)c3cccc4ccccc34)cccc21. The first-order valence-electron chi connectivity index (χ1n) is 25.9. The van der Waals surface area contributed by atoms with E-state index in [0.717, 1.165) is 17.1 Å². The lowest BCUT2D eigenvalue weighted by Gasteiger charge is -2.39. The molecule has 1 unspecified atom stereocenters. The average Bonchev–Trinajstić information content (AvgIpc) is 4.36. The molecule has 0 bridgehead atoms. The number of para-hydroxylation sites is 3. The molecule has 2 heterocycles. The van der Waals surface area contributed by atoms with Crippen molar-refractivity contribution >= 4 is 49.6 Å². The van der Waals surface area contributed by atoms with Crippen molar-refractivity contribution in [2.45, 2.75) is 10.8 Å². The Balaban J connectivity index is 0.873. The molecule has 342 valence electrons. The third-order valence-electron chi connectivity index (χ3n) is 17.4. The second kappa shape index (κ2) is 14.6. The molecule has 2 heteroatoms. The van der Waals surface area contributed by atoms with Crippen molar-refractivity contribution in [1.29, 1.82) is 0 Å². The fourth-order valence-corrected chi connectivity index (χ4v) is 14.7. The highest BCUT2D eigenvalue weighted by Crippen LogP contribution is 2.65. The number of fused-ring (bicyclic) bond motifs is 23. The molecule has 1 aliphatic heterocycles. The number of aromatic nitrogens is 1. The summed E-state index contributed by atoms with van der Waals surface area (Å²) in [5.74, 6) is 0. The van der Waals surface area contributed by atoms with Crippen molar-refractivity contribution in [1.82, 2.24) is 4.57 Å². The van der Waals surface area contributed by atoms with Crippen LogP contribution in [-0.2, 0) is 10.8 Å². The smallest absolute Gasteiger partial charge is 0.0754 e. The quantitative estimate of drug-likeness (QED) is 0.171. The van der Waals surface area contributed by atoms with E-state index in [1.807, 2.05) is 0 Å². The second-order valence-electron chi connectivity index (χ2n) is 20.6. The summed E-state index contributed by atoms with van der Waals surface area (Å²) in [6, 6.07) is 101. The molecule has 3 aliphatic carbocycles. The van der Waals surface area contributed by atoms with Crippen LogP contribution in [0.5, 0.6) is 0 Å². The maximum Gasteiger partial charge on any atom is 0.0754 e. The minimum atomic E-state index is -0.519. The lowest BCUT2D eigenvalue weighted by molar-refractivity contribution is 0.749. The molecule has 12 aromatic carbocycles. The van der Waals surface area contributed by atoms with Crippen LogP contribution >= 0.6 is 0 Å². The summed E-state index contributed by atoms with van der Waals surface area (Å²) in [5.41, 5.74) is 27.0. The minimum absolute atomic E-state index is 0.449. The maximum absolute atomic E-state index is 2.53. The van der Waals surface area contributed by atoms with Crippen molar-refractivity contribution < 1.29 is 0 Å². The highest BCUT2D eigenvalue weighted by atomic mass is 15.1. The molecule has 0 saturated heterocycles. The first-order valence-corrected chi connectivity index (χ1v) is 25.9. The van der Waals surface area contributed by atoms with Crippen LogP contribution in [0.25, 0.3) is 82.8 Å². The summed E-state index contributed by atoms with van der Waals surface area (Å²) in [4.78, 5) is 2.53. The summed E-state index contributed by atoms with van der Waals surface area (Å²) >= 11 is 0. The van der Waals surface area contributed by atoms with Gasteiger partial charge in [-0.3, -0.25) is 0 Å². The fourth-order valence-electron chi connectivity index (χ4n) is 14.7. The molecule has 0 N–H and O–H groups in total. The molecule has 13 aromatic rings. The van der Waals surface area contributed by atoms with Crippen LogP contribution in [0.3, 0.4) is 0 Å². The highest BCUT2D eigenvalue weighted by Gasteiger charge is 2.53. The molecule has 4 aliphatic rings. The highest BCUT2D eigenvalue weighted by molar-refractivity contribution is 6.13. The van der Waals surface area contributed by atoms with Crippen molar-refractivity contribution in [2.75, 3.05) is 4.90 Å². The van der Waals surface area contributed by atoms with Gasteiger partial charge in [0.15, 0.2) is 0 Å². The van der Waals surface area contributed by atoms with Crippen LogP contribution in [-0.4, -0.2) is 4.57 Å². The fraction of sp³-hybridized carbons (Fsp3) is 0.0278. The Labute approximate surface area is 429 Å². The summed E-state index contributed by atoms with van der Waals surface area (Å²) in [6.45, 7) is 0. The van der Waals surface area contributed by atoms with E-state index in [4.69, 9.17) is 0 Å². The van der Waals surface area contributed by atoms with E-state index in [1.165, 1.54) is 127 Å². The van der Waals surface area contributed by atoms with Crippen LogP contribution in [0.15, 0.2) is 267 Å². The van der Waals surface area contributed by atoms with Gasteiger partial charge in [0.2, 0.25) is 0 Å². The van der Waals surface area contributed by atoms with Crippen molar-refractivity contribution in [3.8, 4) is 50.2 Å². The van der Waals surface area contributed by atoms with Gasteiger partial charge in [0, 0.05) is 27.4 Å². The molecule has 1 aromatic heterocycles. The van der Waals surface area contributed by atoms with E-state index < -0.39 is 10.8 Å². The molecule has 0 fully saturated rings. The van der Waals surface area contributed by atoms with E-state index >= 15 is 0 Å². The number of anilines is 3. The number of rotatable bonds is 4. The molecule has 17 rings (SSSR count). The largest absolute Gasteiger partial charge is 0.309 e. The van der Waals surface area contributed by atoms with Gasteiger partial charge in [-0.1, -0.05) is 224 Å². The van der Waals surface area contributed by atoms with E-state index in [2.05, 4.69) is 276 Å². The number of hydrogen-bond acceptors (Lipinski definition) is 1. The molecular formula is C72H44N2. The van der Waals surface area contributed by atoms with Crippen LogP contribution < -0.4 is 4.90 Å². The molecule has 0 radical (unpaired) electrons. The molecule has 2 nitrogen and oxygen atoms in total. The monoisotopic (exact) mass is 936 g/mol. The van der Waals surface area contributed by atoms with Crippen molar-refractivity contribution in [3.05, 3.63) is 311 Å². The van der Waals surface area contributed by atoms with Crippen molar-refractivity contribution in [3.63, 3.8) is 0 Å². The average molecular weight is 937 g/mol. The van der Waals surface area contributed by atoms with Gasteiger partial charge in [0.05, 0.1) is 38.9 Å². The van der Waals surface area contributed by atoms with Gasteiger partial charge in [-0.25, -0.2) is 0 Å². The van der Waals surface area contributed by atoms with Gasteiger partial charge in [-0.2, -0.15) is 0 Å². The Morgan fingerprint density at radius 1 is 0.297 bits per heavy atom. The zero-order valence-electron chi connectivity index (χ0n) is 40.3. The molecule has 2 spiro atoms. The van der Waals surface area contributed by atoms with Gasteiger partial charge >= 0.3 is 0 Å². The lowest BCUT2D eigenvalue weighted by Crippen LogP contribution is -2.33. The molecule has 74 heavy (non-hydrogen) atoms. The predicted molar refractivity (Wildman–Crippen MR) is 306 cm³/mol. The molecular weight excluding hydrogens is 893 g/mol. The van der Waals surface area contributed by atoms with Crippen LogP contribution in [0.2, 0.25) is 0 Å². The third-order valence-corrected chi connectivity index (χ3v) is 17.4. The Morgan fingerprint density at radius 3 is 1.53 bits per heavy atom. The van der Waals surface area contributed by atoms with Crippen LogP contribution in [0, 0.1) is 0 Å². The lowest BCUT2D eigenvalue weighted by atomic mass is 9.65. The number of nitrogens with zero attached hydrogens (tertiary/aromatic N) is 2. The summed E-state index contributed by atoms with van der Waals surface area (Å²) in [7, 11) is 0. The first kappa shape index (κ1) is 40.1. The van der Waals surface area contributed by atoms with E-state index in [-0.39, 0.29) is 0 Å². The predicted octanol–water partition coefficient (Wildman–Crippen LogP) is 18.1. The zero-order valence-corrected chi connectivity index (χ0v) is 40.3. The molecule has 0 saturated carbocycles. The maximum atomic E-state index is 2.53.